The molecule has 0 spiro atoms. The highest BCUT2D eigenvalue weighted by atomic mass is 16.4. The highest BCUT2D eigenvalue weighted by Gasteiger charge is 2.27. The topological polar surface area (TPSA) is 133 Å². The van der Waals surface area contributed by atoms with Crippen LogP contribution in [-0.2, 0) is 0 Å². The van der Waals surface area contributed by atoms with E-state index in [0.29, 0.717) is 36.8 Å². The van der Waals surface area contributed by atoms with E-state index in [0.717, 1.165) is 0 Å². The normalized spacial score (nSPS) is 17.0. The molecule has 0 aliphatic heterocycles. The van der Waals surface area contributed by atoms with Crippen LogP contribution >= 0.6 is 0 Å². The highest BCUT2D eigenvalue weighted by Crippen LogP contribution is 2.21. The first-order valence-electron chi connectivity index (χ1n) is 10.5. The number of rotatable bonds is 6. The lowest BCUT2D eigenvalue weighted by Gasteiger charge is -2.30. The van der Waals surface area contributed by atoms with E-state index in [1.165, 1.54) is 36.4 Å². The summed E-state index contributed by atoms with van der Waals surface area (Å²) in [5.74, 6) is 1.10. The Hall–Kier alpha value is -4.56. The molecule has 2 amide bonds. The minimum absolute atomic E-state index is 0.00476. The molecule has 3 rings (SSSR count). The van der Waals surface area contributed by atoms with Crippen molar-refractivity contribution in [2.75, 3.05) is 0 Å². The zero-order valence-electron chi connectivity index (χ0n) is 18.1. The second-order valence-electron chi connectivity index (χ2n) is 7.93. The van der Waals surface area contributed by atoms with Crippen LogP contribution in [0.1, 0.15) is 78.2 Å². The van der Waals surface area contributed by atoms with Crippen LogP contribution in [-0.4, -0.2) is 46.0 Å². The lowest BCUT2D eigenvalue weighted by Crippen LogP contribution is -2.46. The summed E-state index contributed by atoms with van der Waals surface area (Å²) < 4.78 is 0. The van der Waals surface area contributed by atoms with Gasteiger partial charge in [-0.3, -0.25) is 9.59 Å². The molecule has 0 bridgehead atoms. The second kappa shape index (κ2) is 10.4. The van der Waals surface area contributed by atoms with Crippen molar-refractivity contribution < 1.29 is 29.4 Å². The van der Waals surface area contributed by atoms with Crippen LogP contribution in [0, 0.1) is 24.7 Å². The third-order valence-corrected chi connectivity index (χ3v) is 5.67. The van der Waals surface area contributed by atoms with Gasteiger partial charge in [0, 0.05) is 23.2 Å². The molecule has 1 aliphatic carbocycles. The number of amides is 2. The molecule has 0 aromatic heterocycles. The molecular formula is C26H22N2O6. The van der Waals surface area contributed by atoms with E-state index < -0.39 is 23.8 Å². The fourth-order valence-corrected chi connectivity index (χ4v) is 4.00. The molecule has 1 aliphatic rings. The first-order valence-corrected chi connectivity index (χ1v) is 10.5. The zero-order valence-corrected chi connectivity index (χ0v) is 18.1. The summed E-state index contributed by atoms with van der Waals surface area (Å²) in [6.45, 7) is 0. The maximum atomic E-state index is 12.8. The monoisotopic (exact) mass is 458 g/mol. The standard InChI is InChI=1S/C26H22N2O6/c1-3-15-9-11-20(25(31)32)21(12-15)24(30)28-18-7-5-6-17(14-18)27-23(29)19-10-8-16(4-2)13-22(19)26(33)34/h1-2,8-13,17-18H,5-7,14H2,(H,27,29)(H,28,30)(H,31,32)(H,33,34). The SMILES string of the molecule is C#Cc1ccc(C(=O)NC2CCCC(NC(=O)c3cc(C#C)ccc3C(=O)O)C2)c(C(=O)O)c1. The number of terminal acetylenes is 2. The Morgan fingerprint density at radius 2 is 1.21 bits per heavy atom. The number of hydrogen-bond acceptors (Lipinski definition) is 4. The molecule has 8 nitrogen and oxygen atoms in total. The molecule has 4 N–H and O–H groups in total. The zero-order chi connectivity index (χ0) is 24.8. The summed E-state index contributed by atoms with van der Waals surface area (Å²) in [7, 11) is 0. The molecule has 0 saturated heterocycles. The highest BCUT2D eigenvalue weighted by molar-refractivity contribution is 6.06. The van der Waals surface area contributed by atoms with Crippen LogP contribution in [0.4, 0.5) is 0 Å². The van der Waals surface area contributed by atoms with Gasteiger partial charge in [0.25, 0.3) is 11.8 Å². The molecule has 0 radical (unpaired) electrons. The fourth-order valence-electron chi connectivity index (χ4n) is 4.00. The molecule has 0 heterocycles. The van der Waals surface area contributed by atoms with E-state index in [1.54, 1.807) is 0 Å². The smallest absolute Gasteiger partial charge is 0.336 e. The number of aromatic carboxylic acids is 2. The Labute approximate surface area is 196 Å². The van der Waals surface area contributed by atoms with E-state index in [-0.39, 0.29) is 34.3 Å². The predicted octanol–water partition coefficient (Wildman–Crippen LogP) is 2.52. The molecule has 34 heavy (non-hydrogen) atoms. The minimum atomic E-state index is -1.26. The van der Waals surface area contributed by atoms with Crippen molar-refractivity contribution in [1.29, 1.82) is 0 Å². The number of carbonyl (C=O) groups is 4. The Morgan fingerprint density at radius 3 is 1.71 bits per heavy atom. The number of carbonyl (C=O) groups excluding carboxylic acids is 2. The van der Waals surface area contributed by atoms with Crippen LogP contribution in [0.3, 0.4) is 0 Å². The van der Waals surface area contributed by atoms with E-state index >= 15 is 0 Å². The van der Waals surface area contributed by atoms with Gasteiger partial charge in [-0.2, -0.15) is 0 Å². The Balaban J connectivity index is 1.71. The van der Waals surface area contributed by atoms with Crippen molar-refractivity contribution >= 4 is 23.8 Å². The average molecular weight is 458 g/mol. The molecule has 2 aromatic rings. The third-order valence-electron chi connectivity index (χ3n) is 5.67. The van der Waals surface area contributed by atoms with Crippen molar-refractivity contribution in [2.24, 2.45) is 0 Å². The molecule has 2 unspecified atom stereocenters. The van der Waals surface area contributed by atoms with Gasteiger partial charge in [-0.05, 0) is 62.1 Å². The lowest BCUT2D eigenvalue weighted by atomic mass is 9.90. The Bertz CT molecular complexity index is 1250. The number of carboxylic acid groups (broad SMARTS) is 2. The summed E-state index contributed by atoms with van der Waals surface area (Å²) in [5.41, 5.74) is 0.346. The fraction of sp³-hybridized carbons (Fsp3) is 0.231. The molecule has 2 aromatic carbocycles. The minimum Gasteiger partial charge on any atom is -0.478 e. The number of carboxylic acids is 2. The van der Waals surface area contributed by atoms with Gasteiger partial charge in [-0.25, -0.2) is 9.59 Å². The van der Waals surface area contributed by atoms with Gasteiger partial charge in [0.1, 0.15) is 0 Å². The van der Waals surface area contributed by atoms with E-state index in [9.17, 15) is 29.4 Å². The first kappa shape index (κ1) is 24.1. The lowest BCUT2D eigenvalue weighted by molar-refractivity contribution is 0.0682. The van der Waals surface area contributed by atoms with Crippen molar-refractivity contribution in [2.45, 2.75) is 37.8 Å². The van der Waals surface area contributed by atoms with Gasteiger partial charge in [-0.15, -0.1) is 12.8 Å². The van der Waals surface area contributed by atoms with Crippen molar-refractivity contribution in [3.8, 4) is 24.7 Å². The van der Waals surface area contributed by atoms with Crippen LogP contribution in [0.15, 0.2) is 36.4 Å². The van der Waals surface area contributed by atoms with Gasteiger partial charge in [0.05, 0.1) is 22.3 Å². The van der Waals surface area contributed by atoms with Gasteiger partial charge in [0.2, 0.25) is 0 Å². The summed E-state index contributed by atoms with van der Waals surface area (Å²) in [4.78, 5) is 48.7. The Morgan fingerprint density at radius 1 is 0.735 bits per heavy atom. The van der Waals surface area contributed by atoms with E-state index in [2.05, 4.69) is 22.5 Å². The van der Waals surface area contributed by atoms with Crippen molar-refractivity contribution in [1.82, 2.24) is 10.6 Å². The predicted molar refractivity (Wildman–Crippen MR) is 124 cm³/mol. The molecular weight excluding hydrogens is 436 g/mol. The average Bonchev–Trinajstić information content (AvgIpc) is 2.83. The van der Waals surface area contributed by atoms with Crippen molar-refractivity contribution in [3.05, 3.63) is 69.8 Å². The third kappa shape index (κ3) is 5.43. The number of benzene rings is 2. The summed E-state index contributed by atoms with van der Waals surface area (Å²) >= 11 is 0. The van der Waals surface area contributed by atoms with E-state index in [1.807, 2.05) is 0 Å². The maximum Gasteiger partial charge on any atom is 0.336 e. The molecule has 8 heteroatoms. The molecule has 2 atom stereocenters. The number of hydrogen-bond donors (Lipinski definition) is 4. The van der Waals surface area contributed by atoms with Gasteiger partial charge in [-0.1, -0.05) is 11.8 Å². The number of nitrogens with one attached hydrogen (secondary N) is 2. The van der Waals surface area contributed by atoms with Gasteiger partial charge >= 0.3 is 11.9 Å². The molecule has 1 fully saturated rings. The summed E-state index contributed by atoms with van der Waals surface area (Å²) in [6, 6.07) is 7.62. The first-order chi connectivity index (χ1) is 16.2. The second-order valence-corrected chi connectivity index (χ2v) is 7.93. The van der Waals surface area contributed by atoms with Crippen molar-refractivity contribution in [3.63, 3.8) is 0 Å². The molecule has 172 valence electrons. The largest absolute Gasteiger partial charge is 0.478 e. The van der Waals surface area contributed by atoms with Crippen LogP contribution < -0.4 is 10.6 Å². The maximum absolute atomic E-state index is 12.8. The summed E-state index contributed by atoms with van der Waals surface area (Å²) in [6.07, 6.45) is 13.1. The van der Waals surface area contributed by atoms with Gasteiger partial charge in [0.15, 0.2) is 0 Å². The molecule has 1 saturated carbocycles. The Kier molecular flexibility index (Phi) is 7.35. The quantitative estimate of drug-likeness (QED) is 0.492. The van der Waals surface area contributed by atoms with E-state index in [4.69, 9.17) is 12.8 Å². The van der Waals surface area contributed by atoms with Gasteiger partial charge < -0.3 is 20.8 Å². The summed E-state index contributed by atoms with van der Waals surface area (Å²) in [5, 5.41) is 24.5. The van der Waals surface area contributed by atoms with Crippen LogP contribution in [0.25, 0.3) is 0 Å². The van der Waals surface area contributed by atoms with Crippen LogP contribution in [0.2, 0.25) is 0 Å². The van der Waals surface area contributed by atoms with Crippen LogP contribution in [0.5, 0.6) is 0 Å².